The normalized spacial score (nSPS) is 10.0. The molecule has 0 radical (unpaired) electrons. The van der Waals surface area contributed by atoms with Crippen LogP contribution in [0.1, 0.15) is 20.7 Å². The van der Waals surface area contributed by atoms with Crippen molar-refractivity contribution in [3.63, 3.8) is 0 Å². The van der Waals surface area contributed by atoms with Crippen molar-refractivity contribution in [3.8, 4) is 5.75 Å². The molecule has 2 aromatic rings. The SMILES string of the molecule is COc1ccc(Cl)cc1C(=O)NNC(=O)COC(=O)c1ccc(Cl)c(N)c1. The molecule has 142 valence electrons. The number of esters is 1. The first-order chi connectivity index (χ1) is 12.8. The van der Waals surface area contributed by atoms with Crippen LogP contribution in [0.25, 0.3) is 0 Å². The number of methoxy groups -OCH3 is 1. The molecule has 0 saturated carbocycles. The highest BCUT2D eigenvalue weighted by molar-refractivity contribution is 6.33. The summed E-state index contributed by atoms with van der Waals surface area (Å²) in [5.41, 5.74) is 10.4. The summed E-state index contributed by atoms with van der Waals surface area (Å²) in [4.78, 5) is 35.7. The topological polar surface area (TPSA) is 120 Å². The van der Waals surface area contributed by atoms with Crippen molar-refractivity contribution in [1.82, 2.24) is 10.9 Å². The first kappa shape index (κ1) is 20.3. The summed E-state index contributed by atoms with van der Waals surface area (Å²) in [5, 5.41) is 0.617. The number of carbonyl (C=O) groups excluding carboxylic acids is 3. The number of anilines is 1. The highest BCUT2D eigenvalue weighted by Gasteiger charge is 2.15. The monoisotopic (exact) mass is 411 g/mol. The van der Waals surface area contributed by atoms with Crippen LogP contribution in [-0.4, -0.2) is 31.5 Å². The largest absolute Gasteiger partial charge is 0.496 e. The number of halogens is 2. The lowest BCUT2D eigenvalue weighted by atomic mass is 10.2. The van der Waals surface area contributed by atoms with Crippen LogP contribution in [0, 0.1) is 0 Å². The first-order valence-electron chi connectivity index (χ1n) is 7.46. The second-order valence-corrected chi connectivity index (χ2v) is 6.00. The minimum atomic E-state index is -0.767. The van der Waals surface area contributed by atoms with Gasteiger partial charge in [-0.05, 0) is 36.4 Å². The summed E-state index contributed by atoms with van der Waals surface area (Å²) < 4.78 is 9.89. The third-order valence-corrected chi connectivity index (χ3v) is 3.87. The van der Waals surface area contributed by atoms with Gasteiger partial charge in [0.25, 0.3) is 11.8 Å². The average molecular weight is 412 g/mol. The molecule has 0 aliphatic rings. The number of benzene rings is 2. The van der Waals surface area contributed by atoms with Crippen molar-refractivity contribution < 1.29 is 23.9 Å². The summed E-state index contributed by atoms with van der Waals surface area (Å²) >= 11 is 11.6. The van der Waals surface area contributed by atoms with Crippen LogP contribution in [0.2, 0.25) is 10.0 Å². The van der Waals surface area contributed by atoms with Crippen LogP contribution in [0.3, 0.4) is 0 Å². The summed E-state index contributed by atoms with van der Waals surface area (Å²) in [6, 6.07) is 8.62. The molecule has 4 N–H and O–H groups in total. The van der Waals surface area contributed by atoms with Gasteiger partial charge in [0.15, 0.2) is 6.61 Å². The molecule has 2 amide bonds. The summed E-state index contributed by atoms with van der Waals surface area (Å²) in [7, 11) is 1.39. The Morgan fingerprint density at radius 3 is 2.48 bits per heavy atom. The maximum Gasteiger partial charge on any atom is 0.338 e. The number of nitrogens with two attached hydrogens (primary N) is 1. The van der Waals surface area contributed by atoms with Gasteiger partial charge >= 0.3 is 5.97 Å². The van der Waals surface area contributed by atoms with E-state index in [1.54, 1.807) is 6.07 Å². The number of nitrogens with one attached hydrogen (secondary N) is 2. The summed E-state index contributed by atoms with van der Waals surface area (Å²) in [6.45, 7) is -0.617. The fourth-order valence-electron chi connectivity index (χ4n) is 1.97. The second-order valence-electron chi connectivity index (χ2n) is 5.16. The lowest BCUT2D eigenvalue weighted by Gasteiger charge is -2.11. The zero-order chi connectivity index (χ0) is 20.0. The van der Waals surface area contributed by atoms with Gasteiger partial charge in [0, 0.05) is 5.02 Å². The molecule has 0 spiro atoms. The van der Waals surface area contributed by atoms with E-state index in [1.807, 2.05) is 0 Å². The summed E-state index contributed by atoms with van der Waals surface area (Å²) in [5.74, 6) is -1.90. The minimum absolute atomic E-state index is 0.124. The number of amides is 2. The van der Waals surface area contributed by atoms with E-state index in [1.165, 1.54) is 37.4 Å². The quantitative estimate of drug-likeness (QED) is 0.394. The van der Waals surface area contributed by atoms with Gasteiger partial charge in [0.2, 0.25) is 0 Å². The molecule has 27 heavy (non-hydrogen) atoms. The lowest BCUT2D eigenvalue weighted by Crippen LogP contribution is -2.43. The zero-order valence-corrected chi connectivity index (χ0v) is 15.6. The van der Waals surface area contributed by atoms with Crippen molar-refractivity contribution in [2.45, 2.75) is 0 Å². The highest BCUT2D eigenvalue weighted by Crippen LogP contribution is 2.22. The Balaban J connectivity index is 1.87. The predicted molar refractivity (Wildman–Crippen MR) is 99.8 cm³/mol. The number of rotatable bonds is 5. The fraction of sp³-hybridized carbons (Fsp3) is 0.118. The molecule has 0 aromatic heterocycles. The van der Waals surface area contributed by atoms with E-state index in [0.29, 0.717) is 10.0 Å². The molecule has 0 bridgehead atoms. The van der Waals surface area contributed by atoms with Crippen LogP contribution >= 0.6 is 23.2 Å². The number of hydrogen-bond donors (Lipinski definition) is 3. The van der Waals surface area contributed by atoms with Gasteiger partial charge in [0.1, 0.15) is 5.75 Å². The molecule has 0 unspecified atom stereocenters. The predicted octanol–water partition coefficient (Wildman–Crippen LogP) is 2.20. The van der Waals surface area contributed by atoms with Crippen LogP contribution in [0.4, 0.5) is 5.69 Å². The van der Waals surface area contributed by atoms with Crippen molar-refractivity contribution in [2.24, 2.45) is 0 Å². The van der Waals surface area contributed by atoms with Gasteiger partial charge < -0.3 is 15.2 Å². The smallest absolute Gasteiger partial charge is 0.338 e. The molecule has 0 heterocycles. The Bertz CT molecular complexity index is 889. The van der Waals surface area contributed by atoms with E-state index >= 15 is 0 Å². The van der Waals surface area contributed by atoms with Crippen molar-refractivity contribution in [3.05, 3.63) is 57.6 Å². The van der Waals surface area contributed by atoms with Gasteiger partial charge in [0.05, 0.1) is 28.9 Å². The molecule has 10 heteroatoms. The highest BCUT2D eigenvalue weighted by atomic mass is 35.5. The van der Waals surface area contributed by atoms with Crippen LogP contribution in [-0.2, 0) is 9.53 Å². The maximum absolute atomic E-state index is 12.1. The molecule has 0 saturated heterocycles. The second kappa shape index (κ2) is 9.11. The third kappa shape index (κ3) is 5.50. The summed E-state index contributed by atoms with van der Waals surface area (Å²) in [6.07, 6.45) is 0. The standard InChI is InChI=1S/C17H15Cl2N3O5/c1-26-14-5-3-10(18)7-11(14)16(24)22-21-15(23)8-27-17(25)9-2-4-12(19)13(20)6-9/h2-7H,8,20H2,1H3,(H,21,23)(H,22,24). The average Bonchev–Trinajstić information content (AvgIpc) is 2.66. The number of carbonyl (C=O) groups is 3. The molecule has 0 fully saturated rings. The lowest BCUT2D eigenvalue weighted by molar-refractivity contribution is -0.125. The van der Waals surface area contributed by atoms with E-state index in [2.05, 4.69) is 10.9 Å². The first-order valence-corrected chi connectivity index (χ1v) is 8.22. The van der Waals surface area contributed by atoms with E-state index in [0.717, 1.165) is 0 Å². The minimum Gasteiger partial charge on any atom is -0.496 e. The molecule has 0 aliphatic heterocycles. The maximum atomic E-state index is 12.1. The molecular weight excluding hydrogens is 397 g/mol. The molecule has 0 aliphatic carbocycles. The molecular formula is C17H15Cl2N3O5. The van der Waals surface area contributed by atoms with E-state index in [4.69, 9.17) is 38.4 Å². The van der Waals surface area contributed by atoms with Gasteiger partial charge in [-0.1, -0.05) is 23.2 Å². The Kier molecular flexibility index (Phi) is 6.86. The number of ether oxygens (including phenoxy) is 2. The third-order valence-electron chi connectivity index (χ3n) is 3.29. The molecule has 0 atom stereocenters. The number of nitrogen functional groups attached to an aromatic ring is 1. The molecule has 2 rings (SSSR count). The van der Waals surface area contributed by atoms with Crippen molar-refractivity contribution >= 4 is 46.7 Å². The van der Waals surface area contributed by atoms with Crippen molar-refractivity contribution in [2.75, 3.05) is 19.5 Å². The molecule has 8 nitrogen and oxygen atoms in total. The van der Waals surface area contributed by atoms with Gasteiger partial charge in [-0.2, -0.15) is 0 Å². The van der Waals surface area contributed by atoms with Gasteiger partial charge in [-0.25, -0.2) is 4.79 Å². The number of hydrogen-bond acceptors (Lipinski definition) is 6. The Morgan fingerprint density at radius 2 is 1.81 bits per heavy atom. The van der Waals surface area contributed by atoms with Crippen molar-refractivity contribution in [1.29, 1.82) is 0 Å². The van der Waals surface area contributed by atoms with Crippen LogP contribution in [0.15, 0.2) is 36.4 Å². The van der Waals surface area contributed by atoms with Gasteiger partial charge in [-0.3, -0.25) is 20.4 Å². The van der Waals surface area contributed by atoms with Crippen LogP contribution in [0.5, 0.6) is 5.75 Å². The Labute approximate surface area is 164 Å². The Hall–Kier alpha value is -2.97. The zero-order valence-electron chi connectivity index (χ0n) is 14.0. The van der Waals surface area contributed by atoms with Crippen LogP contribution < -0.4 is 21.3 Å². The fourth-order valence-corrected chi connectivity index (χ4v) is 2.26. The van der Waals surface area contributed by atoms with E-state index in [9.17, 15) is 14.4 Å². The Morgan fingerprint density at radius 1 is 1.07 bits per heavy atom. The van der Waals surface area contributed by atoms with E-state index in [-0.39, 0.29) is 22.6 Å². The number of hydrazine groups is 1. The van der Waals surface area contributed by atoms with Gasteiger partial charge in [-0.15, -0.1) is 0 Å². The molecule has 2 aromatic carbocycles. The van der Waals surface area contributed by atoms with E-state index < -0.39 is 24.4 Å².